The lowest BCUT2D eigenvalue weighted by atomic mass is 10.1. The van der Waals surface area contributed by atoms with Gasteiger partial charge < -0.3 is 15.2 Å². The maximum Gasteiger partial charge on any atom is 0.308 e. The molecule has 0 radical (unpaired) electrons. The van der Waals surface area contributed by atoms with Crippen LogP contribution in [-0.2, 0) is 11.2 Å². The summed E-state index contributed by atoms with van der Waals surface area (Å²) in [5.74, 6) is -0.612. The molecule has 0 aliphatic rings. The smallest absolute Gasteiger partial charge is 0.308 e. The number of carboxylic acid groups (broad SMARTS) is 1. The first-order chi connectivity index (χ1) is 12.6. The highest BCUT2D eigenvalue weighted by molar-refractivity contribution is 7.16. The fraction of sp³-hybridized carbons (Fsp3) is 0.158. The molecule has 26 heavy (non-hydrogen) atoms. The highest BCUT2D eigenvalue weighted by Gasteiger charge is 2.17. The maximum atomic E-state index is 13.2. The summed E-state index contributed by atoms with van der Waals surface area (Å²) in [5.41, 5.74) is 1.95. The van der Waals surface area contributed by atoms with Gasteiger partial charge in [-0.1, -0.05) is 12.1 Å². The van der Waals surface area contributed by atoms with Crippen molar-refractivity contribution in [1.82, 2.24) is 4.98 Å². The molecule has 0 aliphatic heterocycles. The van der Waals surface area contributed by atoms with Gasteiger partial charge in [0, 0.05) is 10.4 Å². The highest BCUT2D eigenvalue weighted by Crippen LogP contribution is 2.35. The Hall–Kier alpha value is -2.93. The quantitative estimate of drug-likeness (QED) is 0.628. The monoisotopic (exact) mass is 372 g/mol. The zero-order chi connectivity index (χ0) is 18.5. The molecule has 0 fully saturated rings. The van der Waals surface area contributed by atoms with E-state index < -0.39 is 5.97 Å². The fourth-order valence-corrected chi connectivity index (χ4v) is 3.45. The Labute approximate surface area is 154 Å². The van der Waals surface area contributed by atoms with Gasteiger partial charge in [-0.3, -0.25) is 4.79 Å². The predicted molar refractivity (Wildman–Crippen MR) is 99.7 cm³/mol. The zero-order valence-electron chi connectivity index (χ0n) is 14.0. The molecule has 0 atom stereocenters. The number of benzene rings is 2. The number of carboxylic acids is 1. The number of aliphatic carboxylic acids is 1. The highest BCUT2D eigenvalue weighted by atomic mass is 32.1. The predicted octanol–water partition coefficient (Wildman–Crippen LogP) is 4.72. The Balaban J connectivity index is 1.96. The van der Waals surface area contributed by atoms with E-state index in [1.807, 2.05) is 31.2 Å². The SMILES string of the molecule is CCOc1ccccc1Nc1nc(-c2ccc(F)cc2)c(CC(=O)O)s1. The number of carbonyl (C=O) groups is 1. The van der Waals surface area contributed by atoms with Crippen LogP contribution in [0.4, 0.5) is 15.2 Å². The van der Waals surface area contributed by atoms with Gasteiger partial charge in [-0.15, -0.1) is 11.3 Å². The second-order valence-electron chi connectivity index (χ2n) is 5.42. The van der Waals surface area contributed by atoms with Crippen LogP contribution in [0.5, 0.6) is 5.75 Å². The van der Waals surface area contributed by atoms with Crippen LogP contribution in [-0.4, -0.2) is 22.7 Å². The molecule has 0 saturated heterocycles. The summed E-state index contributed by atoms with van der Waals surface area (Å²) in [6.07, 6.45) is -0.154. The lowest BCUT2D eigenvalue weighted by Crippen LogP contribution is -1.99. The van der Waals surface area contributed by atoms with E-state index in [0.717, 1.165) is 5.69 Å². The van der Waals surface area contributed by atoms with Gasteiger partial charge in [0.15, 0.2) is 5.13 Å². The van der Waals surface area contributed by atoms with E-state index in [4.69, 9.17) is 4.74 Å². The van der Waals surface area contributed by atoms with E-state index in [1.165, 1.54) is 23.5 Å². The first-order valence-electron chi connectivity index (χ1n) is 8.03. The van der Waals surface area contributed by atoms with Crippen LogP contribution >= 0.6 is 11.3 Å². The van der Waals surface area contributed by atoms with Crippen LogP contribution in [0.1, 0.15) is 11.8 Å². The molecule has 0 unspecified atom stereocenters. The number of ether oxygens (including phenoxy) is 1. The summed E-state index contributed by atoms with van der Waals surface area (Å²) >= 11 is 1.26. The van der Waals surface area contributed by atoms with E-state index in [-0.39, 0.29) is 12.2 Å². The Morgan fingerprint density at radius 1 is 1.23 bits per heavy atom. The summed E-state index contributed by atoms with van der Waals surface area (Å²) < 4.78 is 18.8. The summed E-state index contributed by atoms with van der Waals surface area (Å²) in [6, 6.07) is 13.3. The zero-order valence-corrected chi connectivity index (χ0v) is 14.8. The Kier molecular flexibility index (Phi) is 5.48. The summed E-state index contributed by atoms with van der Waals surface area (Å²) in [6.45, 7) is 2.43. The molecule has 7 heteroatoms. The number of nitrogens with zero attached hydrogens (tertiary/aromatic N) is 1. The van der Waals surface area contributed by atoms with Crippen LogP contribution in [0.2, 0.25) is 0 Å². The molecule has 134 valence electrons. The van der Waals surface area contributed by atoms with E-state index in [2.05, 4.69) is 10.3 Å². The minimum absolute atomic E-state index is 0.154. The number of thiazole rings is 1. The molecular formula is C19H17FN2O3S. The molecule has 2 N–H and O–H groups in total. The van der Waals surface area contributed by atoms with Crippen molar-refractivity contribution in [3.05, 3.63) is 59.2 Å². The van der Waals surface area contributed by atoms with Gasteiger partial charge in [-0.2, -0.15) is 0 Å². The molecular weight excluding hydrogens is 355 g/mol. The lowest BCUT2D eigenvalue weighted by molar-refractivity contribution is -0.136. The van der Waals surface area contributed by atoms with E-state index in [0.29, 0.717) is 33.6 Å². The first kappa shape index (κ1) is 17.9. The van der Waals surface area contributed by atoms with Crippen molar-refractivity contribution < 1.29 is 19.0 Å². The number of rotatable bonds is 7. The molecule has 2 aromatic carbocycles. The molecule has 1 aromatic heterocycles. The van der Waals surface area contributed by atoms with Crippen molar-refractivity contribution in [3.63, 3.8) is 0 Å². The second-order valence-corrected chi connectivity index (χ2v) is 6.51. The molecule has 0 saturated carbocycles. The third-order valence-electron chi connectivity index (χ3n) is 3.56. The average molecular weight is 372 g/mol. The van der Waals surface area contributed by atoms with Crippen molar-refractivity contribution in [2.24, 2.45) is 0 Å². The molecule has 3 aromatic rings. The van der Waals surface area contributed by atoms with Gasteiger partial charge in [-0.25, -0.2) is 9.37 Å². The molecule has 0 spiro atoms. The van der Waals surface area contributed by atoms with Crippen molar-refractivity contribution >= 4 is 28.1 Å². The van der Waals surface area contributed by atoms with Gasteiger partial charge in [0.2, 0.25) is 0 Å². The number of anilines is 2. The van der Waals surface area contributed by atoms with Crippen LogP contribution in [0.25, 0.3) is 11.3 Å². The third-order valence-corrected chi connectivity index (χ3v) is 4.53. The van der Waals surface area contributed by atoms with Crippen LogP contribution in [0.15, 0.2) is 48.5 Å². The normalized spacial score (nSPS) is 10.5. The number of para-hydroxylation sites is 2. The number of hydrogen-bond acceptors (Lipinski definition) is 5. The van der Waals surface area contributed by atoms with Crippen molar-refractivity contribution in [3.8, 4) is 17.0 Å². The average Bonchev–Trinajstić information content (AvgIpc) is 2.99. The van der Waals surface area contributed by atoms with Crippen molar-refractivity contribution in [2.45, 2.75) is 13.3 Å². The van der Waals surface area contributed by atoms with Crippen LogP contribution in [0, 0.1) is 5.82 Å². The Bertz CT molecular complexity index is 909. The first-order valence-corrected chi connectivity index (χ1v) is 8.84. The lowest BCUT2D eigenvalue weighted by Gasteiger charge is -2.09. The number of hydrogen-bond donors (Lipinski definition) is 2. The largest absolute Gasteiger partial charge is 0.492 e. The van der Waals surface area contributed by atoms with Gasteiger partial charge in [-0.05, 0) is 43.3 Å². The van der Waals surface area contributed by atoms with E-state index >= 15 is 0 Å². The molecule has 5 nitrogen and oxygen atoms in total. The van der Waals surface area contributed by atoms with Gasteiger partial charge in [0.25, 0.3) is 0 Å². The Morgan fingerprint density at radius 3 is 2.65 bits per heavy atom. The second kappa shape index (κ2) is 7.97. The van der Waals surface area contributed by atoms with Crippen molar-refractivity contribution in [1.29, 1.82) is 0 Å². The van der Waals surface area contributed by atoms with Crippen LogP contribution < -0.4 is 10.1 Å². The topological polar surface area (TPSA) is 71.5 Å². The molecule has 1 heterocycles. The molecule has 0 aliphatic carbocycles. The Morgan fingerprint density at radius 2 is 1.96 bits per heavy atom. The minimum atomic E-state index is -0.946. The maximum absolute atomic E-state index is 13.2. The number of nitrogens with one attached hydrogen (secondary N) is 1. The van der Waals surface area contributed by atoms with Gasteiger partial charge >= 0.3 is 5.97 Å². The van der Waals surface area contributed by atoms with Crippen LogP contribution in [0.3, 0.4) is 0 Å². The molecule has 0 amide bonds. The van der Waals surface area contributed by atoms with E-state index in [1.54, 1.807) is 12.1 Å². The number of aromatic nitrogens is 1. The van der Waals surface area contributed by atoms with Gasteiger partial charge in [0.1, 0.15) is 11.6 Å². The summed E-state index contributed by atoms with van der Waals surface area (Å²) in [5, 5.41) is 12.9. The van der Waals surface area contributed by atoms with E-state index in [9.17, 15) is 14.3 Å². The molecule has 0 bridgehead atoms. The molecule has 3 rings (SSSR count). The fourth-order valence-electron chi connectivity index (χ4n) is 2.46. The standard InChI is InChI=1S/C19H17FN2O3S/c1-2-25-15-6-4-3-5-14(15)21-19-22-18(16(26-19)11-17(23)24)12-7-9-13(20)10-8-12/h3-10H,2,11H2,1H3,(H,21,22)(H,23,24). The van der Waals surface area contributed by atoms with Crippen molar-refractivity contribution in [2.75, 3.05) is 11.9 Å². The number of halogens is 1. The van der Waals surface area contributed by atoms with Gasteiger partial charge in [0.05, 0.1) is 24.4 Å². The summed E-state index contributed by atoms with van der Waals surface area (Å²) in [7, 11) is 0. The third kappa shape index (κ3) is 4.18. The minimum Gasteiger partial charge on any atom is -0.492 e. The summed E-state index contributed by atoms with van der Waals surface area (Å²) in [4.78, 5) is 16.3.